The number of anilines is 1. The van der Waals surface area contributed by atoms with Crippen LogP contribution in [0.1, 0.15) is 18.1 Å². The number of hydrogen-bond acceptors (Lipinski definition) is 3. The Balaban J connectivity index is 1.57. The number of nitrogens with one attached hydrogen (secondary N) is 2. The van der Waals surface area contributed by atoms with Crippen LogP contribution >= 0.6 is 0 Å². The standard InChI is InChI=1S/C23H27FN4O3/c1-16-3-9-20(10-4-16)26-23(31)28-13-11-27(12-14-28)22(30)21(25-17(2)29)15-18-5-7-19(24)8-6-18/h3-10,21H,11-15H2,1-2H3,(H,25,29)(H,26,31)/t21-/m1/s1. The SMILES string of the molecule is CC(=O)N[C@H](Cc1ccc(F)cc1)C(=O)N1CCN(C(=O)Nc2ccc(C)cc2)CC1. The van der Waals surface area contributed by atoms with Crippen LogP contribution in [0.3, 0.4) is 0 Å². The molecule has 164 valence electrons. The van der Waals surface area contributed by atoms with Crippen molar-refractivity contribution >= 4 is 23.5 Å². The summed E-state index contributed by atoms with van der Waals surface area (Å²) in [6, 6.07) is 12.5. The molecule has 0 saturated carbocycles. The summed E-state index contributed by atoms with van der Waals surface area (Å²) in [5.74, 6) is -0.874. The van der Waals surface area contributed by atoms with Gasteiger partial charge in [0.05, 0.1) is 0 Å². The monoisotopic (exact) mass is 426 g/mol. The van der Waals surface area contributed by atoms with Gasteiger partial charge in [-0.15, -0.1) is 0 Å². The van der Waals surface area contributed by atoms with Crippen molar-refractivity contribution in [1.29, 1.82) is 0 Å². The molecule has 2 aromatic carbocycles. The largest absolute Gasteiger partial charge is 0.344 e. The van der Waals surface area contributed by atoms with E-state index in [0.717, 1.165) is 16.8 Å². The second kappa shape index (κ2) is 10.1. The van der Waals surface area contributed by atoms with Crippen LogP contribution in [-0.2, 0) is 16.0 Å². The maximum Gasteiger partial charge on any atom is 0.321 e. The molecule has 0 bridgehead atoms. The van der Waals surface area contributed by atoms with Crippen LogP contribution in [0.2, 0.25) is 0 Å². The third-order valence-electron chi connectivity index (χ3n) is 5.21. The van der Waals surface area contributed by atoms with Crippen molar-refractivity contribution in [3.05, 3.63) is 65.5 Å². The number of urea groups is 1. The molecule has 2 aromatic rings. The van der Waals surface area contributed by atoms with E-state index in [2.05, 4.69) is 10.6 Å². The fourth-order valence-corrected chi connectivity index (χ4v) is 3.49. The van der Waals surface area contributed by atoms with Crippen LogP contribution in [0.25, 0.3) is 0 Å². The molecule has 0 spiro atoms. The molecule has 0 unspecified atom stereocenters. The van der Waals surface area contributed by atoms with Crippen molar-refractivity contribution < 1.29 is 18.8 Å². The van der Waals surface area contributed by atoms with E-state index < -0.39 is 6.04 Å². The van der Waals surface area contributed by atoms with E-state index in [1.54, 1.807) is 21.9 Å². The Hall–Kier alpha value is -3.42. The van der Waals surface area contributed by atoms with Crippen molar-refractivity contribution in [2.24, 2.45) is 0 Å². The predicted octanol–water partition coefficient (Wildman–Crippen LogP) is 2.56. The van der Waals surface area contributed by atoms with Crippen LogP contribution < -0.4 is 10.6 Å². The molecule has 0 radical (unpaired) electrons. The maximum atomic E-state index is 13.2. The fraction of sp³-hybridized carbons (Fsp3) is 0.348. The lowest BCUT2D eigenvalue weighted by Gasteiger charge is -2.36. The highest BCUT2D eigenvalue weighted by atomic mass is 19.1. The molecule has 2 N–H and O–H groups in total. The summed E-state index contributed by atoms with van der Waals surface area (Å²) in [5, 5.41) is 5.56. The molecule has 31 heavy (non-hydrogen) atoms. The van der Waals surface area contributed by atoms with E-state index in [0.29, 0.717) is 26.2 Å². The summed E-state index contributed by atoms with van der Waals surface area (Å²) in [5.41, 5.74) is 2.59. The lowest BCUT2D eigenvalue weighted by molar-refractivity contribution is -0.137. The van der Waals surface area contributed by atoms with Gasteiger partial charge in [0.1, 0.15) is 11.9 Å². The number of aryl methyl sites for hydroxylation is 1. The number of piperazine rings is 1. The van der Waals surface area contributed by atoms with Gasteiger partial charge in [0.25, 0.3) is 0 Å². The van der Waals surface area contributed by atoms with E-state index in [1.165, 1.54) is 19.1 Å². The molecule has 1 heterocycles. The van der Waals surface area contributed by atoms with Crippen molar-refractivity contribution in [2.75, 3.05) is 31.5 Å². The van der Waals surface area contributed by atoms with Gasteiger partial charge in [-0.3, -0.25) is 9.59 Å². The number of rotatable bonds is 5. The number of benzene rings is 2. The summed E-state index contributed by atoms with van der Waals surface area (Å²) in [6.07, 6.45) is 0.271. The average molecular weight is 426 g/mol. The van der Waals surface area contributed by atoms with E-state index in [4.69, 9.17) is 0 Å². The van der Waals surface area contributed by atoms with Crippen LogP contribution in [0.5, 0.6) is 0 Å². The van der Waals surface area contributed by atoms with Gasteiger partial charge < -0.3 is 20.4 Å². The molecular formula is C23H27FN4O3. The van der Waals surface area contributed by atoms with E-state index in [1.807, 2.05) is 31.2 Å². The Morgan fingerprint density at radius 3 is 2.10 bits per heavy atom. The van der Waals surface area contributed by atoms with Crippen LogP contribution in [0, 0.1) is 12.7 Å². The van der Waals surface area contributed by atoms with Crippen molar-refractivity contribution in [2.45, 2.75) is 26.3 Å². The summed E-state index contributed by atoms with van der Waals surface area (Å²) in [6.45, 7) is 4.88. The second-order valence-corrected chi connectivity index (χ2v) is 7.69. The topological polar surface area (TPSA) is 81.8 Å². The van der Waals surface area contributed by atoms with Crippen molar-refractivity contribution in [1.82, 2.24) is 15.1 Å². The number of halogens is 1. The van der Waals surface area contributed by atoms with Gasteiger partial charge in [0, 0.05) is 45.2 Å². The minimum absolute atomic E-state index is 0.208. The van der Waals surface area contributed by atoms with Crippen LogP contribution in [-0.4, -0.2) is 59.9 Å². The maximum absolute atomic E-state index is 13.2. The number of carbonyl (C=O) groups is 3. The first kappa shape index (κ1) is 22.3. The molecule has 1 fully saturated rings. The highest BCUT2D eigenvalue weighted by molar-refractivity contribution is 5.90. The van der Waals surface area contributed by atoms with Crippen LogP contribution in [0.15, 0.2) is 48.5 Å². The summed E-state index contributed by atoms with van der Waals surface area (Å²) < 4.78 is 13.2. The molecule has 1 aliphatic heterocycles. The molecule has 1 aliphatic rings. The highest BCUT2D eigenvalue weighted by Crippen LogP contribution is 2.13. The van der Waals surface area contributed by atoms with Gasteiger partial charge >= 0.3 is 6.03 Å². The summed E-state index contributed by atoms with van der Waals surface area (Å²) >= 11 is 0. The zero-order chi connectivity index (χ0) is 22.4. The lowest BCUT2D eigenvalue weighted by Crippen LogP contribution is -2.56. The number of nitrogens with zero attached hydrogens (tertiary/aromatic N) is 2. The average Bonchev–Trinajstić information content (AvgIpc) is 2.75. The van der Waals surface area contributed by atoms with Crippen LogP contribution in [0.4, 0.5) is 14.9 Å². The van der Waals surface area contributed by atoms with Gasteiger partial charge in [0.2, 0.25) is 11.8 Å². The summed E-state index contributed by atoms with van der Waals surface area (Å²) in [7, 11) is 0. The molecule has 4 amide bonds. The zero-order valence-electron chi connectivity index (χ0n) is 17.7. The quantitative estimate of drug-likeness (QED) is 0.771. The van der Waals surface area contributed by atoms with E-state index in [9.17, 15) is 18.8 Å². The number of hydrogen-bond donors (Lipinski definition) is 2. The Labute approximate surface area is 181 Å². The first-order valence-electron chi connectivity index (χ1n) is 10.2. The molecule has 1 saturated heterocycles. The molecule has 8 heteroatoms. The smallest absolute Gasteiger partial charge is 0.321 e. The molecule has 0 aliphatic carbocycles. The Bertz CT molecular complexity index is 923. The minimum atomic E-state index is -0.740. The zero-order valence-corrected chi connectivity index (χ0v) is 17.7. The normalized spacial score (nSPS) is 14.7. The fourth-order valence-electron chi connectivity index (χ4n) is 3.49. The summed E-state index contributed by atoms with van der Waals surface area (Å²) in [4.78, 5) is 40.5. The molecule has 7 nitrogen and oxygen atoms in total. The van der Waals surface area contributed by atoms with Gasteiger partial charge in [-0.2, -0.15) is 0 Å². The molecule has 1 atom stereocenters. The lowest BCUT2D eigenvalue weighted by atomic mass is 10.0. The Kier molecular flexibility index (Phi) is 7.23. The Morgan fingerprint density at radius 2 is 1.52 bits per heavy atom. The highest BCUT2D eigenvalue weighted by Gasteiger charge is 2.29. The first-order chi connectivity index (χ1) is 14.8. The predicted molar refractivity (Wildman–Crippen MR) is 116 cm³/mol. The van der Waals surface area contributed by atoms with Gasteiger partial charge in [-0.1, -0.05) is 29.8 Å². The molecule has 0 aromatic heterocycles. The van der Waals surface area contributed by atoms with Crippen molar-refractivity contribution in [3.8, 4) is 0 Å². The first-order valence-corrected chi connectivity index (χ1v) is 10.2. The van der Waals surface area contributed by atoms with E-state index in [-0.39, 0.29) is 30.1 Å². The number of amides is 4. The third kappa shape index (κ3) is 6.28. The van der Waals surface area contributed by atoms with Gasteiger partial charge in [-0.05, 0) is 36.8 Å². The minimum Gasteiger partial charge on any atom is -0.344 e. The van der Waals surface area contributed by atoms with Crippen molar-refractivity contribution in [3.63, 3.8) is 0 Å². The van der Waals surface area contributed by atoms with Gasteiger partial charge in [0.15, 0.2) is 0 Å². The second-order valence-electron chi connectivity index (χ2n) is 7.69. The molecular weight excluding hydrogens is 399 g/mol. The third-order valence-corrected chi connectivity index (χ3v) is 5.21. The van der Waals surface area contributed by atoms with E-state index >= 15 is 0 Å². The molecule has 3 rings (SSSR count). The number of carbonyl (C=O) groups excluding carboxylic acids is 3. The van der Waals surface area contributed by atoms with Gasteiger partial charge in [-0.25, -0.2) is 9.18 Å². The Morgan fingerprint density at radius 1 is 0.935 bits per heavy atom.